The second-order valence-corrected chi connectivity index (χ2v) is 2.61. The molecule has 0 spiro atoms. The van der Waals surface area contributed by atoms with Crippen LogP contribution in [0.3, 0.4) is 0 Å². The number of hydrogen-bond donors (Lipinski definition) is 0. The molecule has 0 heterocycles. The van der Waals surface area contributed by atoms with Crippen LogP contribution in [0.2, 0.25) is 0 Å². The Hall–Kier alpha value is -1.53. The summed E-state index contributed by atoms with van der Waals surface area (Å²) in [4.78, 5) is 11.1. The second-order valence-electron chi connectivity index (χ2n) is 2.11. The second kappa shape index (κ2) is 4.37. The fraction of sp³-hybridized carbons (Fsp3) is 0. The van der Waals surface area contributed by atoms with Gasteiger partial charge in [0.15, 0.2) is 0 Å². The summed E-state index contributed by atoms with van der Waals surface area (Å²) in [6.07, 6.45) is 2.31. The average molecular weight is 176 g/mol. The SMILES string of the molecule is O=C(OC#C[SiH3])c1ccccc1. The van der Waals surface area contributed by atoms with Crippen molar-refractivity contribution in [1.29, 1.82) is 0 Å². The van der Waals surface area contributed by atoms with Gasteiger partial charge >= 0.3 is 5.97 Å². The van der Waals surface area contributed by atoms with Crippen LogP contribution in [0.1, 0.15) is 10.4 Å². The van der Waals surface area contributed by atoms with E-state index in [4.69, 9.17) is 0 Å². The molecule has 1 aromatic rings. The van der Waals surface area contributed by atoms with Crippen molar-refractivity contribution >= 4 is 16.2 Å². The first-order chi connectivity index (χ1) is 5.84. The summed E-state index contributed by atoms with van der Waals surface area (Å²) in [6, 6.07) is 8.79. The fourth-order valence-electron chi connectivity index (χ4n) is 0.731. The molecular weight excluding hydrogens is 168 g/mol. The molecular formula is C9H8O2Si. The molecule has 2 nitrogen and oxygen atoms in total. The molecule has 0 aromatic heterocycles. The molecule has 0 radical (unpaired) electrons. The molecule has 0 bridgehead atoms. The molecule has 0 N–H and O–H groups in total. The van der Waals surface area contributed by atoms with Crippen molar-refractivity contribution in [2.75, 3.05) is 0 Å². The van der Waals surface area contributed by atoms with E-state index in [1.54, 1.807) is 24.3 Å². The highest BCUT2D eigenvalue weighted by Gasteiger charge is 2.02. The number of rotatable bonds is 1. The minimum Gasteiger partial charge on any atom is -0.369 e. The van der Waals surface area contributed by atoms with Gasteiger partial charge < -0.3 is 4.74 Å². The van der Waals surface area contributed by atoms with Gasteiger partial charge in [0.25, 0.3) is 0 Å². The molecule has 0 aliphatic carbocycles. The first kappa shape index (κ1) is 8.56. The predicted molar refractivity (Wildman–Crippen MR) is 49.6 cm³/mol. The Labute approximate surface area is 74.0 Å². The van der Waals surface area contributed by atoms with E-state index in [9.17, 15) is 4.79 Å². The van der Waals surface area contributed by atoms with Gasteiger partial charge in [-0.2, -0.15) is 0 Å². The van der Waals surface area contributed by atoms with E-state index in [1.807, 2.05) is 6.07 Å². The van der Waals surface area contributed by atoms with Gasteiger partial charge in [0.2, 0.25) is 0 Å². The van der Waals surface area contributed by atoms with Crippen molar-refractivity contribution < 1.29 is 9.53 Å². The van der Waals surface area contributed by atoms with Crippen LogP contribution in [0.5, 0.6) is 0 Å². The Kier molecular flexibility index (Phi) is 3.12. The van der Waals surface area contributed by atoms with Crippen LogP contribution in [-0.4, -0.2) is 16.2 Å². The van der Waals surface area contributed by atoms with Crippen molar-refractivity contribution in [2.45, 2.75) is 0 Å². The zero-order chi connectivity index (χ0) is 8.81. The van der Waals surface area contributed by atoms with Gasteiger partial charge in [-0.05, 0) is 12.1 Å². The van der Waals surface area contributed by atoms with Crippen LogP contribution in [0.4, 0.5) is 0 Å². The summed E-state index contributed by atoms with van der Waals surface area (Å²) in [7, 11) is 0.719. The van der Waals surface area contributed by atoms with E-state index >= 15 is 0 Å². The number of carbonyl (C=O) groups excluding carboxylic acids is 1. The molecule has 0 saturated heterocycles. The van der Waals surface area contributed by atoms with Crippen LogP contribution >= 0.6 is 0 Å². The van der Waals surface area contributed by atoms with Crippen LogP contribution in [-0.2, 0) is 4.74 Å². The third-order valence-corrected chi connectivity index (χ3v) is 1.46. The zero-order valence-corrected chi connectivity index (χ0v) is 8.70. The Balaban J connectivity index is 2.70. The van der Waals surface area contributed by atoms with Crippen molar-refractivity contribution in [3.05, 3.63) is 35.9 Å². The standard InChI is InChI=1S/C9H8O2Si/c10-9(11-6-7-12)8-4-2-1-3-5-8/h1-5H,12H3. The number of ether oxygens (including phenoxy) is 1. The summed E-state index contributed by atoms with van der Waals surface area (Å²) < 4.78 is 4.61. The Morgan fingerprint density at radius 1 is 1.33 bits per heavy atom. The molecule has 12 heavy (non-hydrogen) atoms. The third-order valence-electron chi connectivity index (χ3n) is 1.26. The molecule has 1 rings (SSSR count). The Bertz CT molecular complexity index is 321. The normalized spacial score (nSPS) is 8.33. The van der Waals surface area contributed by atoms with Gasteiger partial charge in [0, 0.05) is 0 Å². The quantitative estimate of drug-likeness (QED) is 0.345. The Morgan fingerprint density at radius 3 is 2.58 bits per heavy atom. The smallest absolute Gasteiger partial charge is 0.352 e. The number of benzene rings is 1. The maximum atomic E-state index is 11.1. The van der Waals surface area contributed by atoms with Crippen molar-refractivity contribution in [3.63, 3.8) is 0 Å². The first-order valence-corrected chi connectivity index (χ1v) is 4.52. The third kappa shape index (κ3) is 2.26. The lowest BCUT2D eigenvalue weighted by Gasteiger charge is -1.94. The van der Waals surface area contributed by atoms with Gasteiger partial charge in [-0.1, -0.05) is 18.2 Å². The first-order valence-electron chi connectivity index (χ1n) is 3.52. The van der Waals surface area contributed by atoms with Crippen LogP contribution in [0.25, 0.3) is 0 Å². The highest BCUT2D eigenvalue weighted by molar-refractivity contribution is 6.22. The minimum absolute atomic E-state index is 0.390. The lowest BCUT2D eigenvalue weighted by atomic mass is 10.2. The highest BCUT2D eigenvalue weighted by atomic mass is 28.1. The molecule has 0 unspecified atom stereocenters. The van der Waals surface area contributed by atoms with E-state index in [2.05, 4.69) is 16.4 Å². The van der Waals surface area contributed by atoms with Crippen molar-refractivity contribution in [2.24, 2.45) is 0 Å². The zero-order valence-electron chi connectivity index (χ0n) is 6.70. The number of hydrogen-bond acceptors (Lipinski definition) is 2. The molecule has 0 fully saturated rings. The summed E-state index contributed by atoms with van der Waals surface area (Å²) in [5.74, 6) is -0.390. The summed E-state index contributed by atoms with van der Waals surface area (Å²) in [6.45, 7) is 0. The van der Waals surface area contributed by atoms with Gasteiger partial charge in [-0.3, -0.25) is 0 Å². The number of carbonyl (C=O) groups is 1. The molecule has 0 atom stereocenters. The molecule has 0 aliphatic heterocycles. The Morgan fingerprint density at radius 2 is 2.00 bits per heavy atom. The highest BCUT2D eigenvalue weighted by Crippen LogP contribution is 1.99. The summed E-state index contributed by atoms with van der Waals surface area (Å²) in [5, 5.41) is 0. The van der Waals surface area contributed by atoms with E-state index in [0.717, 1.165) is 10.2 Å². The largest absolute Gasteiger partial charge is 0.369 e. The molecule has 3 heteroatoms. The van der Waals surface area contributed by atoms with Crippen molar-refractivity contribution in [3.8, 4) is 11.7 Å². The van der Waals surface area contributed by atoms with E-state index < -0.39 is 0 Å². The van der Waals surface area contributed by atoms with Crippen LogP contribution < -0.4 is 0 Å². The van der Waals surface area contributed by atoms with Gasteiger partial charge in [-0.15, -0.1) is 5.54 Å². The van der Waals surface area contributed by atoms with E-state index in [-0.39, 0.29) is 5.97 Å². The van der Waals surface area contributed by atoms with E-state index in [1.165, 1.54) is 0 Å². The topological polar surface area (TPSA) is 26.3 Å². The van der Waals surface area contributed by atoms with Gasteiger partial charge in [0.05, 0.1) is 15.8 Å². The lowest BCUT2D eigenvalue weighted by molar-refractivity contribution is 0.0691. The molecule has 60 valence electrons. The minimum atomic E-state index is -0.390. The van der Waals surface area contributed by atoms with Crippen molar-refractivity contribution in [1.82, 2.24) is 0 Å². The molecule has 1 aromatic carbocycles. The average Bonchev–Trinajstić information content (AvgIpc) is 2.15. The van der Waals surface area contributed by atoms with Gasteiger partial charge in [-0.25, -0.2) is 4.79 Å². The maximum Gasteiger partial charge on any atom is 0.352 e. The van der Waals surface area contributed by atoms with E-state index in [0.29, 0.717) is 5.56 Å². The predicted octanol–water partition coefficient (Wildman–Crippen LogP) is 0.127. The fourth-order valence-corrected chi connectivity index (χ4v) is 0.833. The molecule has 0 saturated carbocycles. The van der Waals surface area contributed by atoms with Crippen LogP contribution in [0.15, 0.2) is 30.3 Å². The lowest BCUT2D eigenvalue weighted by Crippen LogP contribution is -1.99. The summed E-state index contributed by atoms with van der Waals surface area (Å²) in [5.41, 5.74) is 3.14. The monoisotopic (exact) mass is 176 g/mol. The number of esters is 1. The maximum absolute atomic E-state index is 11.1. The van der Waals surface area contributed by atoms with Crippen LogP contribution in [0, 0.1) is 11.7 Å². The van der Waals surface area contributed by atoms with Gasteiger partial charge in [0.1, 0.15) is 6.11 Å². The summed E-state index contributed by atoms with van der Waals surface area (Å²) >= 11 is 0. The molecule has 0 amide bonds. The molecule has 0 aliphatic rings.